The SMILES string of the molecule is CCOc1ccccc1NC(=O)CC1C(=O)NNC1=O. The maximum Gasteiger partial charge on any atom is 0.251 e. The maximum absolute atomic E-state index is 11.9. The van der Waals surface area contributed by atoms with Crippen LogP contribution in [0.1, 0.15) is 13.3 Å². The Labute approximate surface area is 115 Å². The molecule has 1 saturated heterocycles. The van der Waals surface area contributed by atoms with Gasteiger partial charge in [0.05, 0.1) is 12.3 Å². The molecular formula is C13H15N3O4. The lowest BCUT2D eigenvalue weighted by Crippen LogP contribution is -2.28. The molecule has 0 radical (unpaired) electrons. The van der Waals surface area contributed by atoms with Crippen molar-refractivity contribution in [2.24, 2.45) is 5.92 Å². The third-order valence-electron chi connectivity index (χ3n) is 2.79. The monoisotopic (exact) mass is 277 g/mol. The smallest absolute Gasteiger partial charge is 0.251 e. The highest BCUT2D eigenvalue weighted by Gasteiger charge is 2.34. The summed E-state index contributed by atoms with van der Waals surface area (Å²) in [6, 6.07) is 6.97. The Balaban J connectivity index is 2.01. The summed E-state index contributed by atoms with van der Waals surface area (Å²) in [4.78, 5) is 34.6. The second-order valence-electron chi connectivity index (χ2n) is 4.21. The topological polar surface area (TPSA) is 96.5 Å². The lowest BCUT2D eigenvalue weighted by molar-refractivity contribution is -0.131. The summed E-state index contributed by atoms with van der Waals surface area (Å²) in [5, 5.41) is 2.64. The van der Waals surface area contributed by atoms with E-state index >= 15 is 0 Å². The van der Waals surface area contributed by atoms with Crippen molar-refractivity contribution in [3.8, 4) is 5.75 Å². The molecular weight excluding hydrogens is 262 g/mol. The van der Waals surface area contributed by atoms with Crippen LogP contribution in [0.5, 0.6) is 5.75 Å². The standard InChI is InChI=1S/C13H15N3O4/c1-2-20-10-6-4-3-5-9(10)14-11(17)7-8-12(18)15-16-13(8)19/h3-6,8H,2,7H2,1H3,(H,14,17)(H,15,18)(H,16,19). The Kier molecular flexibility index (Phi) is 4.19. The van der Waals surface area contributed by atoms with Gasteiger partial charge in [0.15, 0.2) is 0 Å². The van der Waals surface area contributed by atoms with Crippen LogP contribution in [0, 0.1) is 5.92 Å². The third kappa shape index (κ3) is 3.05. The zero-order valence-electron chi connectivity index (χ0n) is 10.9. The lowest BCUT2D eigenvalue weighted by atomic mass is 10.1. The van der Waals surface area contributed by atoms with Crippen LogP contribution in [0.25, 0.3) is 0 Å². The highest BCUT2D eigenvalue weighted by Crippen LogP contribution is 2.24. The molecule has 0 saturated carbocycles. The zero-order chi connectivity index (χ0) is 14.5. The second-order valence-corrected chi connectivity index (χ2v) is 4.21. The number of anilines is 1. The Morgan fingerprint density at radius 3 is 2.55 bits per heavy atom. The lowest BCUT2D eigenvalue weighted by Gasteiger charge is -2.11. The third-order valence-corrected chi connectivity index (χ3v) is 2.79. The molecule has 1 aliphatic heterocycles. The Hall–Kier alpha value is -2.57. The van der Waals surface area contributed by atoms with Crippen LogP contribution >= 0.6 is 0 Å². The summed E-state index contributed by atoms with van der Waals surface area (Å²) >= 11 is 0. The van der Waals surface area contributed by atoms with Crippen LogP contribution in [-0.4, -0.2) is 24.3 Å². The zero-order valence-corrected chi connectivity index (χ0v) is 10.9. The molecule has 0 aromatic heterocycles. The van der Waals surface area contributed by atoms with Gasteiger partial charge in [-0.05, 0) is 19.1 Å². The van der Waals surface area contributed by atoms with Gasteiger partial charge in [-0.25, -0.2) is 0 Å². The molecule has 20 heavy (non-hydrogen) atoms. The van der Waals surface area contributed by atoms with E-state index in [0.29, 0.717) is 18.0 Å². The molecule has 0 atom stereocenters. The van der Waals surface area contributed by atoms with Crippen LogP contribution in [0.2, 0.25) is 0 Å². The number of nitrogens with one attached hydrogen (secondary N) is 3. The van der Waals surface area contributed by atoms with E-state index in [0.717, 1.165) is 0 Å². The first-order chi connectivity index (χ1) is 9.61. The summed E-state index contributed by atoms with van der Waals surface area (Å²) in [7, 11) is 0. The van der Waals surface area contributed by atoms with Crippen LogP contribution in [-0.2, 0) is 14.4 Å². The molecule has 0 spiro atoms. The molecule has 0 bridgehead atoms. The number of hydrogen-bond donors (Lipinski definition) is 3. The molecule has 1 heterocycles. The van der Waals surface area contributed by atoms with E-state index in [4.69, 9.17) is 4.74 Å². The van der Waals surface area contributed by atoms with Gasteiger partial charge in [0, 0.05) is 6.42 Å². The van der Waals surface area contributed by atoms with Crippen LogP contribution in [0.4, 0.5) is 5.69 Å². The number of hydrogen-bond acceptors (Lipinski definition) is 4. The molecule has 1 aromatic rings. The van der Waals surface area contributed by atoms with Crippen LogP contribution in [0.3, 0.4) is 0 Å². The van der Waals surface area contributed by atoms with Crippen LogP contribution < -0.4 is 20.9 Å². The number of carbonyl (C=O) groups excluding carboxylic acids is 3. The van der Waals surface area contributed by atoms with Crippen molar-refractivity contribution in [2.75, 3.05) is 11.9 Å². The average Bonchev–Trinajstić information content (AvgIpc) is 2.73. The molecule has 0 unspecified atom stereocenters. The molecule has 7 heteroatoms. The minimum absolute atomic E-state index is 0.210. The minimum atomic E-state index is -0.991. The number of amides is 3. The van der Waals surface area contributed by atoms with Gasteiger partial charge in [-0.15, -0.1) is 0 Å². The van der Waals surface area contributed by atoms with E-state index in [1.165, 1.54) is 0 Å². The van der Waals surface area contributed by atoms with Gasteiger partial charge in [-0.1, -0.05) is 12.1 Å². The second kappa shape index (κ2) is 6.05. The Bertz CT molecular complexity index is 528. The molecule has 1 aliphatic rings. The summed E-state index contributed by atoms with van der Waals surface area (Å²) in [5.41, 5.74) is 4.87. The summed E-state index contributed by atoms with van der Waals surface area (Å²) in [5.74, 6) is -1.86. The molecule has 1 aromatic carbocycles. The van der Waals surface area contributed by atoms with Crippen molar-refractivity contribution in [1.82, 2.24) is 10.9 Å². The fourth-order valence-corrected chi connectivity index (χ4v) is 1.84. The van der Waals surface area contributed by atoms with Gasteiger partial charge in [0.1, 0.15) is 11.7 Å². The minimum Gasteiger partial charge on any atom is -0.492 e. The maximum atomic E-state index is 11.9. The van der Waals surface area contributed by atoms with Crippen molar-refractivity contribution in [1.29, 1.82) is 0 Å². The van der Waals surface area contributed by atoms with Crippen molar-refractivity contribution in [3.05, 3.63) is 24.3 Å². The molecule has 7 nitrogen and oxygen atoms in total. The average molecular weight is 277 g/mol. The van der Waals surface area contributed by atoms with Crippen molar-refractivity contribution < 1.29 is 19.1 Å². The molecule has 106 valence electrons. The van der Waals surface area contributed by atoms with Gasteiger partial charge < -0.3 is 10.1 Å². The number of benzene rings is 1. The number of ether oxygens (including phenoxy) is 1. The fraction of sp³-hybridized carbons (Fsp3) is 0.308. The number of rotatable bonds is 5. The largest absolute Gasteiger partial charge is 0.492 e. The fourth-order valence-electron chi connectivity index (χ4n) is 1.84. The molecule has 0 aliphatic carbocycles. The molecule has 3 amide bonds. The number of carbonyl (C=O) groups is 3. The van der Waals surface area contributed by atoms with E-state index in [2.05, 4.69) is 16.2 Å². The summed E-state index contributed by atoms with van der Waals surface area (Å²) in [6.45, 7) is 2.31. The Morgan fingerprint density at radius 1 is 1.25 bits per heavy atom. The summed E-state index contributed by atoms with van der Waals surface area (Å²) < 4.78 is 5.38. The van der Waals surface area contributed by atoms with E-state index in [1.54, 1.807) is 24.3 Å². The van der Waals surface area contributed by atoms with Crippen molar-refractivity contribution >= 4 is 23.4 Å². The Morgan fingerprint density at radius 2 is 1.90 bits per heavy atom. The molecule has 2 rings (SSSR count). The van der Waals surface area contributed by atoms with Crippen LogP contribution in [0.15, 0.2) is 24.3 Å². The van der Waals surface area contributed by atoms with E-state index in [1.807, 2.05) is 6.92 Å². The van der Waals surface area contributed by atoms with Gasteiger partial charge in [-0.2, -0.15) is 0 Å². The highest BCUT2D eigenvalue weighted by molar-refractivity contribution is 6.09. The first-order valence-corrected chi connectivity index (χ1v) is 6.23. The first-order valence-electron chi connectivity index (χ1n) is 6.23. The van der Waals surface area contributed by atoms with Crippen molar-refractivity contribution in [3.63, 3.8) is 0 Å². The van der Waals surface area contributed by atoms with Gasteiger partial charge in [-0.3, -0.25) is 25.2 Å². The number of hydrazine groups is 1. The first kappa shape index (κ1) is 13.9. The quantitative estimate of drug-likeness (QED) is 0.669. The predicted octanol–water partition coefficient (Wildman–Crippen LogP) is 0.191. The van der Waals surface area contributed by atoms with E-state index in [-0.39, 0.29) is 6.42 Å². The van der Waals surface area contributed by atoms with Gasteiger partial charge in [0.2, 0.25) is 5.91 Å². The normalized spacial score (nSPS) is 14.7. The highest BCUT2D eigenvalue weighted by atomic mass is 16.5. The summed E-state index contributed by atoms with van der Waals surface area (Å²) in [6.07, 6.45) is -0.210. The van der Waals surface area contributed by atoms with E-state index in [9.17, 15) is 14.4 Å². The van der Waals surface area contributed by atoms with Crippen molar-refractivity contribution in [2.45, 2.75) is 13.3 Å². The predicted molar refractivity (Wildman–Crippen MR) is 70.6 cm³/mol. The van der Waals surface area contributed by atoms with E-state index < -0.39 is 23.6 Å². The molecule has 3 N–H and O–H groups in total. The van der Waals surface area contributed by atoms with Gasteiger partial charge in [0.25, 0.3) is 11.8 Å². The number of para-hydroxylation sites is 2. The van der Waals surface area contributed by atoms with Gasteiger partial charge >= 0.3 is 0 Å². The molecule has 1 fully saturated rings.